The lowest BCUT2D eigenvalue weighted by Crippen LogP contribution is -2.19. The second-order valence-electron chi connectivity index (χ2n) is 5.20. The van der Waals surface area contributed by atoms with E-state index in [1.807, 2.05) is 6.07 Å². The van der Waals surface area contributed by atoms with Gasteiger partial charge in [-0.3, -0.25) is 10.1 Å². The second kappa shape index (κ2) is 6.99. The predicted molar refractivity (Wildman–Crippen MR) is 81.5 cm³/mol. The SMILES string of the molecule is CC1CC=CCC1COCc1cccc([N+](=O)[O-])c1Br. The molecule has 0 spiro atoms. The highest BCUT2D eigenvalue weighted by atomic mass is 79.9. The minimum atomic E-state index is -0.387. The maximum absolute atomic E-state index is 10.9. The van der Waals surface area contributed by atoms with E-state index in [1.165, 1.54) is 6.07 Å². The third kappa shape index (κ3) is 3.67. The fourth-order valence-corrected chi connectivity index (χ4v) is 2.90. The van der Waals surface area contributed by atoms with Crippen LogP contribution in [0.4, 0.5) is 5.69 Å². The molecule has 0 fully saturated rings. The zero-order valence-electron chi connectivity index (χ0n) is 11.4. The fourth-order valence-electron chi connectivity index (χ4n) is 2.38. The van der Waals surface area contributed by atoms with Crippen LogP contribution in [0.5, 0.6) is 0 Å². The number of nitro benzene ring substituents is 1. The van der Waals surface area contributed by atoms with Gasteiger partial charge in [0.2, 0.25) is 0 Å². The Hall–Kier alpha value is -1.20. The summed E-state index contributed by atoms with van der Waals surface area (Å²) >= 11 is 3.29. The second-order valence-corrected chi connectivity index (χ2v) is 6.00. The van der Waals surface area contributed by atoms with Gasteiger partial charge in [0.25, 0.3) is 5.69 Å². The van der Waals surface area contributed by atoms with Gasteiger partial charge in [-0.2, -0.15) is 0 Å². The summed E-state index contributed by atoms with van der Waals surface area (Å²) in [5.74, 6) is 1.17. The van der Waals surface area contributed by atoms with Crippen molar-refractivity contribution in [2.75, 3.05) is 6.61 Å². The van der Waals surface area contributed by atoms with Crippen molar-refractivity contribution in [2.45, 2.75) is 26.4 Å². The quantitative estimate of drug-likeness (QED) is 0.451. The Bertz CT molecular complexity index is 516. The highest BCUT2D eigenvalue weighted by Crippen LogP contribution is 2.29. The summed E-state index contributed by atoms with van der Waals surface area (Å²) in [6.07, 6.45) is 6.58. The van der Waals surface area contributed by atoms with E-state index in [2.05, 4.69) is 35.0 Å². The smallest absolute Gasteiger partial charge is 0.283 e. The van der Waals surface area contributed by atoms with Gasteiger partial charge >= 0.3 is 0 Å². The molecule has 0 bridgehead atoms. The Labute approximate surface area is 127 Å². The lowest BCUT2D eigenvalue weighted by molar-refractivity contribution is -0.385. The van der Waals surface area contributed by atoms with E-state index >= 15 is 0 Å². The molecular weight excluding hydrogens is 322 g/mol. The van der Waals surface area contributed by atoms with Crippen LogP contribution in [-0.4, -0.2) is 11.5 Å². The first-order chi connectivity index (χ1) is 9.59. The highest BCUT2D eigenvalue weighted by molar-refractivity contribution is 9.10. The largest absolute Gasteiger partial charge is 0.376 e. The summed E-state index contributed by atoms with van der Waals surface area (Å²) in [6.45, 7) is 3.33. The topological polar surface area (TPSA) is 52.4 Å². The van der Waals surface area contributed by atoms with E-state index in [4.69, 9.17) is 4.74 Å². The van der Waals surface area contributed by atoms with Crippen LogP contribution in [0.3, 0.4) is 0 Å². The molecule has 0 amide bonds. The molecule has 5 heteroatoms. The minimum absolute atomic E-state index is 0.0834. The van der Waals surface area contributed by atoms with E-state index in [9.17, 15) is 10.1 Å². The van der Waals surface area contributed by atoms with Gasteiger partial charge in [0.15, 0.2) is 0 Å². The van der Waals surface area contributed by atoms with Gasteiger partial charge in [-0.1, -0.05) is 31.2 Å². The third-order valence-electron chi connectivity index (χ3n) is 3.76. The number of rotatable bonds is 5. The van der Waals surface area contributed by atoms with Gasteiger partial charge in [-0.05, 0) is 46.2 Å². The van der Waals surface area contributed by atoms with Crippen LogP contribution in [0.15, 0.2) is 34.8 Å². The molecule has 2 rings (SSSR count). The molecule has 2 unspecified atom stereocenters. The highest BCUT2D eigenvalue weighted by Gasteiger charge is 2.19. The molecule has 0 saturated carbocycles. The first-order valence-corrected chi connectivity index (χ1v) is 7.53. The van der Waals surface area contributed by atoms with Gasteiger partial charge in [-0.25, -0.2) is 0 Å². The van der Waals surface area contributed by atoms with E-state index in [1.54, 1.807) is 6.07 Å². The van der Waals surface area contributed by atoms with Crippen molar-refractivity contribution >= 4 is 21.6 Å². The number of halogens is 1. The summed E-state index contributed by atoms with van der Waals surface area (Å²) in [7, 11) is 0. The number of nitrogens with zero attached hydrogens (tertiary/aromatic N) is 1. The van der Waals surface area contributed by atoms with Gasteiger partial charge in [0.05, 0.1) is 18.1 Å². The van der Waals surface area contributed by atoms with Crippen molar-refractivity contribution in [2.24, 2.45) is 11.8 Å². The molecule has 108 valence electrons. The molecule has 0 N–H and O–H groups in total. The lowest BCUT2D eigenvalue weighted by atomic mass is 9.85. The molecule has 1 aliphatic carbocycles. The minimum Gasteiger partial charge on any atom is -0.376 e. The van der Waals surface area contributed by atoms with Crippen LogP contribution in [0, 0.1) is 22.0 Å². The van der Waals surface area contributed by atoms with E-state index in [0.717, 1.165) is 18.4 Å². The van der Waals surface area contributed by atoms with Gasteiger partial charge in [0.1, 0.15) is 4.47 Å². The Morgan fingerprint density at radius 2 is 2.15 bits per heavy atom. The number of hydrogen-bond acceptors (Lipinski definition) is 3. The van der Waals surface area contributed by atoms with E-state index < -0.39 is 0 Å². The molecule has 0 saturated heterocycles. The lowest BCUT2D eigenvalue weighted by Gasteiger charge is -2.25. The first kappa shape index (κ1) is 15.2. The molecule has 2 atom stereocenters. The Morgan fingerprint density at radius 1 is 1.40 bits per heavy atom. The normalized spacial score (nSPS) is 21.9. The van der Waals surface area contributed by atoms with Gasteiger partial charge in [0, 0.05) is 6.07 Å². The summed E-state index contributed by atoms with van der Waals surface area (Å²) in [5.41, 5.74) is 0.901. The van der Waals surface area contributed by atoms with Crippen molar-refractivity contribution < 1.29 is 9.66 Å². The zero-order chi connectivity index (χ0) is 14.5. The van der Waals surface area contributed by atoms with E-state index in [-0.39, 0.29) is 10.6 Å². The van der Waals surface area contributed by atoms with Crippen LogP contribution in [0.1, 0.15) is 25.3 Å². The number of ether oxygens (including phenoxy) is 1. The fraction of sp³-hybridized carbons (Fsp3) is 0.467. The number of nitro groups is 1. The monoisotopic (exact) mass is 339 g/mol. The Morgan fingerprint density at radius 3 is 2.85 bits per heavy atom. The molecule has 4 nitrogen and oxygen atoms in total. The van der Waals surface area contributed by atoms with Crippen LogP contribution in [0.25, 0.3) is 0 Å². The number of allylic oxidation sites excluding steroid dienone is 2. The molecule has 0 radical (unpaired) electrons. The summed E-state index contributed by atoms with van der Waals surface area (Å²) in [4.78, 5) is 10.5. The first-order valence-electron chi connectivity index (χ1n) is 6.74. The molecule has 1 aliphatic rings. The van der Waals surface area contributed by atoms with Crippen LogP contribution < -0.4 is 0 Å². The van der Waals surface area contributed by atoms with Gasteiger partial charge in [-0.15, -0.1) is 0 Å². The number of hydrogen-bond donors (Lipinski definition) is 0. The maximum atomic E-state index is 10.9. The van der Waals surface area contributed by atoms with Crippen LogP contribution in [-0.2, 0) is 11.3 Å². The molecule has 0 heterocycles. The summed E-state index contributed by atoms with van der Waals surface area (Å²) < 4.78 is 6.27. The van der Waals surface area contributed by atoms with Crippen molar-refractivity contribution in [1.82, 2.24) is 0 Å². The van der Waals surface area contributed by atoms with Crippen molar-refractivity contribution in [3.8, 4) is 0 Å². The molecular formula is C15H18BrNO3. The zero-order valence-corrected chi connectivity index (χ0v) is 13.0. The van der Waals surface area contributed by atoms with E-state index in [0.29, 0.717) is 29.5 Å². The number of benzene rings is 1. The molecule has 20 heavy (non-hydrogen) atoms. The average Bonchev–Trinajstić information content (AvgIpc) is 2.42. The van der Waals surface area contributed by atoms with Crippen LogP contribution >= 0.6 is 15.9 Å². The average molecular weight is 340 g/mol. The molecule has 1 aromatic rings. The van der Waals surface area contributed by atoms with Crippen LogP contribution in [0.2, 0.25) is 0 Å². The van der Waals surface area contributed by atoms with Gasteiger partial charge < -0.3 is 4.74 Å². The summed E-state index contributed by atoms with van der Waals surface area (Å²) in [6, 6.07) is 5.02. The summed E-state index contributed by atoms with van der Waals surface area (Å²) in [5, 5.41) is 10.9. The Balaban J connectivity index is 1.93. The molecule has 0 aliphatic heterocycles. The predicted octanol–water partition coefficient (Wildman–Crippen LogP) is 4.48. The molecule has 0 aromatic heterocycles. The molecule has 1 aromatic carbocycles. The van der Waals surface area contributed by atoms with Crippen molar-refractivity contribution in [3.63, 3.8) is 0 Å². The standard InChI is InChI=1S/C15H18BrNO3/c1-11-5-2-3-6-12(11)9-20-10-13-7-4-8-14(15(13)16)17(18)19/h2-4,7-8,11-12H,5-6,9-10H2,1H3. The maximum Gasteiger partial charge on any atom is 0.283 e. The Kier molecular flexibility index (Phi) is 5.31. The van der Waals surface area contributed by atoms with Crippen molar-refractivity contribution in [3.05, 3.63) is 50.5 Å². The third-order valence-corrected chi connectivity index (χ3v) is 4.68. The van der Waals surface area contributed by atoms with Crippen molar-refractivity contribution in [1.29, 1.82) is 0 Å².